The van der Waals surface area contributed by atoms with Gasteiger partial charge in [0.15, 0.2) is 0 Å². The fourth-order valence-corrected chi connectivity index (χ4v) is 4.05. The summed E-state index contributed by atoms with van der Waals surface area (Å²) in [5, 5.41) is 3.55. The van der Waals surface area contributed by atoms with E-state index in [1.807, 2.05) is 24.3 Å². The summed E-state index contributed by atoms with van der Waals surface area (Å²) in [5.74, 6) is 0.388. The number of nitrogens with one attached hydrogen (secondary N) is 1. The lowest BCUT2D eigenvalue weighted by atomic mass is 10.00. The zero-order valence-electron chi connectivity index (χ0n) is 17.2. The number of amides is 1. The minimum atomic E-state index is -0.465. The highest BCUT2D eigenvalue weighted by Crippen LogP contribution is 2.27. The predicted octanol–water partition coefficient (Wildman–Crippen LogP) is 3.72. The number of benzene rings is 2. The largest absolute Gasteiger partial charge is 0.356 e. The standard InChI is InChI=1S/C23H25FN4O2/c1-15-6-5-11-27(13-15)22-18-7-3-4-8-20(18)28(23(30)26-22)14-21(29)25-19-12-17(24)10-9-16(19)2/h3-4,7-10,12,15H,5-6,11,13-14H2,1-2H3,(H,25,29). The summed E-state index contributed by atoms with van der Waals surface area (Å²) in [5.41, 5.74) is 1.34. The number of anilines is 2. The van der Waals surface area contributed by atoms with Crippen molar-refractivity contribution in [2.45, 2.75) is 33.2 Å². The summed E-state index contributed by atoms with van der Waals surface area (Å²) in [6, 6.07) is 11.7. The maximum atomic E-state index is 13.5. The van der Waals surface area contributed by atoms with Crippen molar-refractivity contribution in [3.05, 3.63) is 64.3 Å². The van der Waals surface area contributed by atoms with Crippen LogP contribution in [0.1, 0.15) is 25.3 Å². The lowest BCUT2D eigenvalue weighted by Gasteiger charge is -2.32. The maximum absolute atomic E-state index is 13.5. The van der Waals surface area contributed by atoms with Gasteiger partial charge in [-0.3, -0.25) is 9.36 Å². The highest BCUT2D eigenvalue weighted by atomic mass is 19.1. The van der Waals surface area contributed by atoms with Gasteiger partial charge in [0.25, 0.3) is 0 Å². The molecule has 0 saturated carbocycles. The number of carbonyl (C=O) groups is 1. The number of para-hydroxylation sites is 1. The van der Waals surface area contributed by atoms with E-state index in [0.717, 1.165) is 30.5 Å². The number of fused-ring (bicyclic) bond motifs is 1. The van der Waals surface area contributed by atoms with E-state index in [4.69, 9.17) is 0 Å². The Labute approximate surface area is 174 Å². The third kappa shape index (κ3) is 4.06. The molecule has 30 heavy (non-hydrogen) atoms. The smallest absolute Gasteiger partial charge is 0.350 e. The van der Waals surface area contributed by atoms with Crippen molar-refractivity contribution in [2.75, 3.05) is 23.3 Å². The molecule has 156 valence electrons. The lowest BCUT2D eigenvalue weighted by Crippen LogP contribution is -2.38. The molecule has 1 aromatic heterocycles. The van der Waals surface area contributed by atoms with Gasteiger partial charge in [0.05, 0.1) is 5.52 Å². The van der Waals surface area contributed by atoms with Crippen LogP contribution < -0.4 is 15.9 Å². The average molecular weight is 408 g/mol. The number of carbonyl (C=O) groups excluding carboxylic acids is 1. The third-order valence-electron chi connectivity index (χ3n) is 5.60. The second-order valence-corrected chi connectivity index (χ2v) is 8.02. The summed E-state index contributed by atoms with van der Waals surface area (Å²) in [4.78, 5) is 32.0. The topological polar surface area (TPSA) is 67.2 Å². The molecule has 1 unspecified atom stereocenters. The first kappa shape index (κ1) is 20.1. The molecule has 4 rings (SSSR count). The van der Waals surface area contributed by atoms with Crippen LogP contribution in [0.2, 0.25) is 0 Å². The Bertz CT molecular complexity index is 1160. The van der Waals surface area contributed by atoms with Crippen LogP contribution in [-0.4, -0.2) is 28.5 Å². The molecule has 3 aromatic rings. The fourth-order valence-electron chi connectivity index (χ4n) is 4.05. The van der Waals surface area contributed by atoms with Gasteiger partial charge in [-0.1, -0.05) is 25.1 Å². The number of hydrogen-bond donors (Lipinski definition) is 1. The van der Waals surface area contributed by atoms with E-state index in [1.165, 1.54) is 23.1 Å². The van der Waals surface area contributed by atoms with Gasteiger partial charge in [-0.25, -0.2) is 9.18 Å². The van der Waals surface area contributed by atoms with E-state index in [9.17, 15) is 14.0 Å². The van der Waals surface area contributed by atoms with Crippen LogP contribution >= 0.6 is 0 Å². The first-order valence-corrected chi connectivity index (χ1v) is 10.2. The van der Waals surface area contributed by atoms with Gasteiger partial charge in [-0.15, -0.1) is 0 Å². The Morgan fingerprint density at radius 2 is 2.07 bits per heavy atom. The Hall–Kier alpha value is -3.22. The summed E-state index contributed by atoms with van der Waals surface area (Å²) in [7, 11) is 0. The van der Waals surface area contributed by atoms with Gasteiger partial charge in [-0.05, 0) is 55.5 Å². The summed E-state index contributed by atoms with van der Waals surface area (Å²) in [6.07, 6.45) is 2.24. The molecule has 1 atom stereocenters. The molecule has 6 nitrogen and oxygen atoms in total. The fraction of sp³-hybridized carbons (Fsp3) is 0.348. The Morgan fingerprint density at radius 1 is 1.27 bits per heavy atom. The van der Waals surface area contributed by atoms with Crippen LogP contribution in [0.3, 0.4) is 0 Å². The Balaban J connectivity index is 1.67. The number of rotatable bonds is 4. The predicted molar refractivity (Wildman–Crippen MR) is 116 cm³/mol. The molecule has 7 heteroatoms. The van der Waals surface area contributed by atoms with Crippen LogP contribution in [0, 0.1) is 18.7 Å². The molecule has 1 aliphatic rings. The van der Waals surface area contributed by atoms with Crippen LogP contribution in [0.5, 0.6) is 0 Å². The summed E-state index contributed by atoms with van der Waals surface area (Å²) in [6.45, 7) is 5.52. The Morgan fingerprint density at radius 3 is 2.87 bits per heavy atom. The zero-order chi connectivity index (χ0) is 21.3. The number of piperidine rings is 1. The summed E-state index contributed by atoms with van der Waals surface area (Å²) < 4.78 is 14.9. The molecule has 2 aromatic carbocycles. The Kier molecular flexibility index (Phi) is 5.53. The van der Waals surface area contributed by atoms with Gasteiger partial charge in [0, 0.05) is 24.2 Å². The van der Waals surface area contributed by atoms with Crippen molar-refractivity contribution in [3.63, 3.8) is 0 Å². The number of nitrogens with zero attached hydrogens (tertiary/aromatic N) is 3. The van der Waals surface area contributed by atoms with Crippen LogP contribution in [-0.2, 0) is 11.3 Å². The molecule has 0 spiro atoms. The van der Waals surface area contributed by atoms with E-state index in [0.29, 0.717) is 22.9 Å². The van der Waals surface area contributed by atoms with E-state index < -0.39 is 17.4 Å². The molecule has 1 aliphatic heterocycles. The van der Waals surface area contributed by atoms with E-state index in [-0.39, 0.29) is 6.54 Å². The molecule has 0 bridgehead atoms. The highest BCUT2D eigenvalue weighted by molar-refractivity contribution is 5.94. The van der Waals surface area contributed by atoms with E-state index >= 15 is 0 Å². The van der Waals surface area contributed by atoms with Crippen molar-refractivity contribution >= 4 is 28.3 Å². The average Bonchev–Trinajstić information content (AvgIpc) is 2.72. The molecule has 2 heterocycles. The monoisotopic (exact) mass is 408 g/mol. The van der Waals surface area contributed by atoms with Crippen molar-refractivity contribution < 1.29 is 9.18 Å². The molecule has 0 radical (unpaired) electrons. The van der Waals surface area contributed by atoms with Gasteiger partial charge < -0.3 is 10.2 Å². The zero-order valence-corrected chi connectivity index (χ0v) is 17.2. The van der Waals surface area contributed by atoms with Crippen LogP contribution in [0.4, 0.5) is 15.9 Å². The van der Waals surface area contributed by atoms with Crippen LogP contribution in [0.15, 0.2) is 47.3 Å². The first-order valence-electron chi connectivity index (χ1n) is 10.2. The quantitative estimate of drug-likeness (QED) is 0.715. The minimum Gasteiger partial charge on any atom is -0.356 e. The van der Waals surface area contributed by atoms with E-state index in [1.54, 1.807) is 13.0 Å². The molecule has 1 amide bonds. The molecule has 1 fully saturated rings. The second kappa shape index (κ2) is 8.26. The number of aryl methyl sites for hydroxylation is 1. The summed E-state index contributed by atoms with van der Waals surface area (Å²) >= 11 is 0. The lowest BCUT2D eigenvalue weighted by molar-refractivity contribution is -0.116. The number of hydrogen-bond acceptors (Lipinski definition) is 4. The second-order valence-electron chi connectivity index (χ2n) is 8.02. The van der Waals surface area contributed by atoms with Gasteiger partial charge in [-0.2, -0.15) is 4.98 Å². The van der Waals surface area contributed by atoms with Crippen LogP contribution in [0.25, 0.3) is 10.9 Å². The molecule has 0 aliphatic carbocycles. The van der Waals surface area contributed by atoms with Gasteiger partial charge in [0.2, 0.25) is 5.91 Å². The third-order valence-corrected chi connectivity index (χ3v) is 5.60. The molecular formula is C23H25FN4O2. The molecular weight excluding hydrogens is 383 g/mol. The van der Waals surface area contributed by atoms with Crippen molar-refractivity contribution in [1.29, 1.82) is 0 Å². The van der Waals surface area contributed by atoms with Gasteiger partial charge in [0.1, 0.15) is 18.2 Å². The number of aromatic nitrogens is 2. The molecule has 1 N–H and O–H groups in total. The van der Waals surface area contributed by atoms with Crippen molar-refractivity contribution in [2.24, 2.45) is 5.92 Å². The maximum Gasteiger partial charge on any atom is 0.350 e. The normalized spacial score (nSPS) is 16.6. The highest BCUT2D eigenvalue weighted by Gasteiger charge is 2.22. The minimum absolute atomic E-state index is 0.195. The van der Waals surface area contributed by atoms with Crippen molar-refractivity contribution in [3.8, 4) is 0 Å². The number of halogens is 1. The van der Waals surface area contributed by atoms with Gasteiger partial charge >= 0.3 is 5.69 Å². The first-order chi connectivity index (χ1) is 14.4. The SMILES string of the molecule is Cc1ccc(F)cc1NC(=O)Cn1c(=O)nc(N2CCCC(C)C2)c2ccccc21. The molecule has 1 saturated heterocycles. The van der Waals surface area contributed by atoms with Crippen molar-refractivity contribution in [1.82, 2.24) is 9.55 Å². The van der Waals surface area contributed by atoms with E-state index in [2.05, 4.69) is 22.1 Å².